The largest absolute Gasteiger partial charge is 0.337 e. The summed E-state index contributed by atoms with van der Waals surface area (Å²) >= 11 is 6.12. The second kappa shape index (κ2) is 14.7. The van der Waals surface area contributed by atoms with Gasteiger partial charge in [0.1, 0.15) is 0 Å². The van der Waals surface area contributed by atoms with E-state index >= 15 is 0 Å². The van der Waals surface area contributed by atoms with Gasteiger partial charge in [0, 0.05) is 18.6 Å². The van der Waals surface area contributed by atoms with Crippen molar-refractivity contribution in [1.29, 1.82) is 0 Å². The van der Waals surface area contributed by atoms with Crippen molar-refractivity contribution in [1.82, 2.24) is 9.62 Å². The van der Waals surface area contributed by atoms with Gasteiger partial charge in [0.05, 0.1) is 4.90 Å². The summed E-state index contributed by atoms with van der Waals surface area (Å²) in [5, 5.41) is 3.12. The van der Waals surface area contributed by atoms with Gasteiger partial charge >= 0.3 is 6.03 Å². The smallest absolute Gasteiger partial charge is 0.331 e. The molecule has 0 bridgehead atoms. The highest BCUT2D eigenvalue weighted by Gasteiger charge is 2.27. The number of amides is 2. The molecule has 0 aromatic heterocycles. The van der Waals surface area contributed by atoms with E-state index in [-0.39, 0.29) is 4.90 Å². The van der Waals surface area contributed by atoms with Crippen LogP contribution in [-0.2, 0) is 16.4 Å². The van der Waals surface area contributed by atoms with Crippen LogP contribution in [-0.4, -0.2) is 32.3 Å². The van der Waals surface area contributed by atoms with E-state index < -0.39 is 16.1 Å². The third kappa shape index (κ3) is 9.25. The van der Waals surface area contributed by atoms with Gasteiger partial charge in [-0.25, -0.2) is 17.5 Å². The van der Waals surface area contributed by atoms with E-state index in [1.165, 1.54) is 58.1 Å². The molecule has 0 aliphatic heterocycles. The topological polar surface area (TPSA) is 66.5 Å². The number of nitrogens with zero attached hydrogens (tertiary/aromatic N) is 1. The van der Waals surface area contributed by atoms with Gasteiger partial charge in [-0.3, -0.25) is 0 Å². The minimum absolute atomic E-state index is 0.164. The molecule has 1 aromatic carbocycles. The standard InChI is InChI=1S/C23H39ClN2O3S/c1-4-6-7-8-9-10-11-12-13-14-15-20-19-21(24)16-17-22(20)30(28,29)26(3)23(27)25-18-5-2/h16-17,19H,4-15,18H2,1-3H3,(H,25,27). The second-order valence-corrected chi connectivity index (χ2v) is 10.3. The Morgan fingerprint density at radius 1 is 0.933 bits per heavy atom. The molecular formula is C23H39ClN2O3S. The lowest BCUT2D eigenvalue weighted by Gasteiger charge is -2.20. The SMILES string of the molecule is CCCCCCCCCCCCc1cc(Cl)ccc1S(=O)(=O)N(C)C(=O)NCCC. The molecular weight excluding hydrogens is 420 g/mol. The predicted octanol–water partition coefficient (Wildman–Crippen LogP) is 6.54. The fraction of sp³-hybridized carbons (Fsp3) is 0.696. The van der Waals surface area contributed by atoms with Crippen LogP contribution in [0.15, 0.2) is 23.1 Å². The van der Waals surface area contributed by atoms with Crippen molar-refractivity contribution < 1.29 is 13.2 Å². The van der Waals surface area contributed by atoms with Crippen LogP contribution in [0.25, 0.3) is 0 Å². The normalized spacial score (nSPS) is 11.5. The number of benzene rings is 1. The summed E-state index contributed by atoms with van der Waals surface area (Å²) in [4.78, 5) is 12.3. The van der Waals surface area contributed by atoms with Gasteiger partial charge in [0.25, 0.3) is 10.0 Å². The molecule has 0 spiro atoms. The number of aryl methyl sites for hydroxylation is 1. The molecule has 0 atom stereocenters. The second-order valence-electron chi connectivity index (χ2n) is 7.89. The number of sulfonamides is 1. The molecule has 30 heavy (non-hydrogen) atoms. The molecule has 2 amide bonds. The molecule has 7 heteroatoms. The van der Waals surface area contributed by atoms with Crippen LogP contribution in [0.1, 0.15) is 90.0 Å². The summed E-state index contributed by atoms with van der Waals surface area (Å²) in [5.41, 5.74) is 0.678. The number of rotatable bonds is 15. The molecule has 1 rings (SSSR count). The molecule has 5 nitrogen and oxygen atoms in total. The van der Waals surface area contributed by atoms with Crippen LogP contribution in [0, 0.1) is 0 Å². The number of carbonyl (C=O) groups is 1. The zero-order valence-electron chi connectivity index (χ0n) is 18.9. The molecule has 1 aromatic rings. The number of urea groups is 1. The number of halogens is 1. The van der Waals surface area contributed by atoms with Crippen LogP contribution in [0.5, 0.6) is 0 Å². The van der Waals surface area contributed by atoms with Gasteiger partial charge in [-0.2, -0.15) is 0 Å². The lowest BCUT2D eigenvalue weighted by atomic mass is 10.0. The van der Waals surface area contributed by atoms with Gasteiger partial charge in [-0.05, 0) is 43.0 Å². The Labute approximate surface area is 188 Å². The Morgan fingerprint density at radius 3 is 2.07 bits per heavy atom. The summed E-state index contributed by atoms with van der Waals surface area (Å²) in [5.74, 6) is 0. The number of unbranched alkanes of at least 4 members (excludes halogenated alkanes) is 9. The van der Waals surface area contributed by atoms with E-state index in [2.05, 4.69) is 12.2 Å². The van der Waals surface area contributed by atoms with Gasteiger partial charge in [-0.1, -0.05) is 83.2 Å². The van der Waals surface area contributed by atoms with Gasteiger partial charge in [-0.15, -0.1) is 0 Å². The maximum Gasteiger partial charge on any atom is 0.331 e. The number of carbonyl (C=O) groups excluding carboxylic acids is 1. The third-order valence-corrected chi connectivity index (χ3v) is 7.35. The van der Waals surface area contributed by atoms with E-state index in [1.54, 1.807) is 12.1 Å². The van der Waals surface area contributed by atoms with E-state index in [0.29, 0.717) is 23.6 Å². The van der Waals surface area contributed by atoms with Crippen molar-refractivity contribution in [2.45, 2.75) is 95.8 Å². The van der Waals surface area contributed by atoms with Gasteiger partial charge in [0.15, 0.2) is 0 Å². The van der Waals surface area contributed by atoms with Crippen LogP contribution < -0.4 is 5.32 Å². The highest BCUT2D eigenvalue weighted by atomic mass is 35.5. The lowest BCUT2D eigenvalue weighted by Crippen LogP contribution is -2.41. The minimum atomic E-state index is -3.92. The molecule has 172 valence electrons. The first-order valence-electron chi connectivity index (χ1n) is 11.4. The van der Waals surface area contributed by atoms with Crippen LogP contribution >= 0.6 is 11.6 Å². The monoisotopic (exact) mass is 458 g/mol. The van der Waals surface area contributed by atoms with Crippen LogP contribution in [0.2, 0.25) is 5.02 Å². The zero-order chi connectivity index (χ0) is 22.4. The summed E-state index contributed by atoms with van der Waals surface area (Å²) in [6.45, 7) is 4.58. The zero-order valence-corrected chi connectivity index (χ0v) is 20.5. The van der Waals surface area contributed by atoms with Crippen LogP contribution in [0.3, 0.4) is 0 Å². The number of nitrogens with one attached hydrogen (secondary N) is 1. The Hall–Kier alpha value is -1.27. The first kappa shape index (κ1) is 26.8. The van der Waals surface area contributed by atoms with Crippen molar-refractivity contribution in [3.05, 3.63) is 28.8 Å². The van der Waals surface area contributed by atoms with Gasteiger partial charge in [0.2, 0.25) is 0 Å². The average Bonchev–Trinajstić information content (AvgIpc) is 2.72. The Morgan fingerprint density at radius 2 is 1.50 bits per heavy atom. The van der Waals surface area contributed by atoms with Crippen LogP contribution in [0.4, 0.5) is 4.79 Å². The molecule has 0 saturated carbocycles. The first-order valence-corrected chi connectivity index (χ1v) is 13.2. The number of hydrogen-bond donors (Lipinski definition) is 1. The lowest BCUT2D eigenvalue weighted by molar-refractivity contribution is 0.228. The minimum Gasteiger partial charge on any atom is -0.337 e. The Kier molecular flexibility index (Phi) is 13.1. The van der Waals surface area contributed by atoms with E-state index in [9.17, 15) is 13.2 Å². The van der Waals surface area contributed by atoms with Crippen molar-refractivity contribution >= 4 is 27.7 Å². The fourth-order valence-electron chi connectivity index (χ4n) is 3.40. The summed E-state index contributed by atoms with van der Waals surface area (Å²) in [6, 6.07) is 4.16. The average molecular weight is 459 g/mol. The Bertz CT molecular complexity index is 738. The van der Waals surface area contributed by atoms with Gasteiger partial charge < -0.3 is 5.32 Å². The highest BCUT2D eigenvalue weighted by Crippen LogP contribution is 2.25. The molecule has 0 fully saturated rings. The van der Waals surface area contributed by atoms with E-state index in [0.717, 1.165) is 30.0 Å². The predicted molar refractivity (Wildman–Crippen MR) is 126 cm³/mol. The Balaban J connectivity index is 2.59. The van der Waals surface area contributed by atoms with Crippen molar-refractivity contribution in [2.75, 3.05) is 13.6 Å². The molecule has 0 aliphatic carbocycles. The summed E-state index contributed by atoms with van der Waals surface area (Å²) in [6.07, 6.45) is 13.6. The fourth-order valence-corrected chi connectivity index (χ4v) is 4.90. The van der Waals surface area contributed by atoms with E-state index in [1.807, 2.05) is 6.92 Å². The quantitative estimate of drug-likeness (QED) is 0.303. The molecule has 0 radical (unpaired) electrons. The first-order chi connectivity index (χ1) is 14.3. The maximum atomic E-state index is 13.0. The van der Waals surface area contributed by atoms with Crippen molar-refractivity contribution in [2.24, 2.45) is 0 Å². The highest BCUT2D eigenvalue weighted by molar-refractivity contribution is 7.89. The molecule has 0 aliphatic rings. The summed E-state index contributed by atoms with van der Waals surface area (Å²) in [7, 11) is -2.62. The molecule has 1 N–H and O–H groups in total. The van der Waals surface area contributed by atoms with E-state index in [4.69, 9.17) is 11.6 Å². The molecule has 0 unspecified atom stereocenters. The van der Waals surface area contributed by atoms with Crippen molar-refractivity contribution in [3.8, 4) is 0 Å². The molecule has 0 saturated heterocycles. The number of hydrogen-bond acceptors (Lipinski definition) is 3. The summed E-state index contributed by atoms with van der Waals surface area (Å²) < 4.78 is 26.7. The van der Waals surface area contributed by atoms with Crippen molar-refractivity contribution in [3.63, 3.8) is 0 Å². The molecule has 0 heterocycles. The third-order valence-electron chi connectivity index (χ3n) is 5.27. The maximum absolute atomic E-state index is 13.0.